The van der Waals surface area contributed by atoms with Crippen molar-refractivity contribution in [2.75, 3.05) is 13.1 Å². The van der Waals surface area contributed by atoms with Crippen molar-refractivity contribution in [2.24, 2.45) is 13.0 Å². The molecule has 1 saturated carbocycles. The van der Waals surface area contributed by atoms with Crippen LogP contribution in [0, 0.1) is 5.92 Å². The molecule has 2 aromatic carbocycles. The summed E-state index contributed by atoms with van der Waals surface area (Å²) in [6, 6.07) is 9.09. The first-order chi connectivity index (χ1) is 19.4. The van der Waals surface area contributed by atoms with Crippen LogP contribution in [0.5, 0.6) is 0 Å². The van der Waals surface area contributed by atoms with E-state index >= 15 is 0 Å². The van der Waals surface area contributed by atoms with Gasteiger partial charge in [-0.2, -0.15) is 13.2 Å². The quantitative estimate of drug-likeness (QED) is 0.297. The minimum Gasteiger partial charge on any atom is -0.320 e. The Morgan fingerprint density at radius 1 is 1.10 bits per heavy atom. The van der Waals surface area contributed by atoms with Gasteiger partial charge in [0.2, 0.25) is 0 Å². The molecule has 2 aromatic heterocycles. The molecule has 0 unspecified atom stereocenters. The molecule has 1 saturated heterocycles. The molecule has 0 spiro atoms. The van der Waals surface area contributed by atoms with Crippen molar-refractivity contribution < 1.29 is 22.0 Å². The minimum atomic E-state index is -4.70. The van der Waals surface area contributed by atoms with Crippen LogP contribution >= 0.6 is 0 Å². The Morgan fingerprint density at radius 3 is 2.54 bits per heavy atom. The second kappa shape index (κ2) is 9.71. The van der Waals surface area contributed by atoms with Gasteiger partial charge in [0.25, 0.3) is 11.5 Å². The number of hydrogen-bond acceptors (Lipinski definition) is 5. The summed E-state index contributed by atoms with van der Waals surface area (Å²) in [6.07, 6.45) is -1.11. The summed E-state index contributed by atoms with van der Waals surface area (Å²) in [5, 5.41) is 7.81. The van der Waals surface area contributed by atoms with E-state index in [1.807, 2.05) is 0 Å². The van der Waals surface area contributed by atoms with E-state index < -0.39 is 47.0 Å². The highest BCUT2D eigenvalue weighted by Gasteiger charge is 2.60. The molecule has 1 aliphatic carbocycles. The number of piperidine rings is 1. The third-order valence-electron chi connectivity index (χ3n) is 8.31. The molecule has 1 atom stereocenters. The molecule has 41 heavy (non-hydrogen) atoms. The average Bonchev–Trinajstić information content (AvgIpc) is 3.33. The van der Waals surface area contributed by atoms with Crippen LogP contribution in [0.3, 0.4) is 0 Å². The number of likely N-dealkylation sites (tertiary alicyclic amines) is 1. The van der Waals surface area contributed by atoms with Gasteiger partial charge in [0, 0.05) is 33.0 Å². The minimum absolute atomic E-state index is 0.147. The van der Waals surface area contributed by atoms with E-state index in [2.05, 4.69) is 27.0 Å². The highest BCUT2D eigenvalue weighted by molar-refractivity contribution is 5.82. The molecule has 4 aromatic rings. The maximum atomic E-state index is 14.2. The number of alkyl halides is 5. The van der Waals surface area contributed by atoms with E-state index in [4.69, 9.17) is 0 Å². The molecule has 3 heterocycles. The summed E-state index contributed by atoms with van der Waals surface area (Å²) >= 11 is 0. The number of aryl methyl sites for hydroxylation is 1. The Morgan fingerprint density at radius 2 is 1.88 bits per heavy atom. The highest BCUT2D eigenvalue weighted by atomic mass is 19.4. The zero-order chi connectivity index (χ0) is 29.2. The summed E-state index contributed by atoms with van der Waals surface area (Å²) in [5.74, 6) is -2.08. The average molecular weight is 573 g/mol. The molecule has 0 N–H and O–H groups in total. The zero-order valence-corrected chi connectivity index (χ0v) is 22.6. The monoisotopic (exact) mass is 572 g/mol. The second-order valence-electron chi connectivity index (χ2n) is 11.5. The molecule has 216 valence electrons. The smallest absolute Gasteiger partial charge is 0.320 e. The molecule has 0 radical (unpaired) electrons. The van der Waals surface area contributed by atoms with Crippen molar-refractivity contribution in [1.29, 1.82) is 0 Å². The van der Waals surface area contributed by atoms with Crippen LogP contribution in [0.15, 0.2) is 53.8 Å². The molecule has 6 rings (SSSR count). The van der Waals surface area contributed by atoms with Gasteiger partial charge in [0.15, 0.2) is 0 Å². The summed E-state index contributed by atoms with van der Waals surface area (Å²) in [5.41, 5.74) is -1.96. The fraction of sp³-hybridized carbons (Fsp3) is 0.448. The largest absolute Gasteiger partial charge is 0.418 e. The lowest BCUT2D eigenvalue weighted by Crippen LogP contribution is -2.51. The first-order valence-corrected chi connectivity index (χ1v) is 13.5. The zero-order valence-electron chi connectivity index (χ0n) is 22.6. The number of rotatable bonds is 5. The molecule has 0 amide bonds. The molecular weight excluding hydrogens is 543 g/mol. The van der Waals surface area contributed by atoms with Crippen LogP contribution in [0.25, 0.3) is 16.6 Å². The normalized spacial score (nSPS) is 20.7. The van der Waals surface area contributed by atoms with Gasteiger partial charge in [0.05, 0.1) is 27.6 Å². The number of aromatic nitrogens is 5. The molecular formula is C29H29F5N6O. The van der Waals surface area contributed by atoms with Crippen LogP contribution < -0.4 is 5.56 Å². The summed E-state index contributed by atoms with van der Waals surface area (Å²) < 4.78 is 73.6. The number of fused-ring (bicyclic) bond motifs is 1. The van der Waals surface area contributed by atoms with Crippen LogP contribution in [-0.2, 0) is 25.2 Å². The number of nitrogens with zero attached hydrogens (tertiary/aromatic N) is 6. The van der Waals surface area contributed by atoms with Gasteiger partial charge in [0.1, 0.15) is 18.5 Å². The Kier molecular flexibility index (Phi) is 6.51. The van der Waals surface area contributed by atoms with Crippen molar-refractivity contribution in [2.45, 2.75) is 56.7 Å². The Bertz CT molecular complexity index is 1670. The Balaban J connectivity index is 1.45. The Labute approximate surface area is 232 Å². The predicted molar refractivity (Wildman–Crippen MR) is 142 cm³/mol. The van der Waals surface area contributed by atoms with Crippen molar-refractivity contribution >= 4 is 10.9 Å². The number of hydrogen-bond donors (Lipinski definition) is 0. The van der Waals surface area contributed by atoms with Gasteiger partial charge in [-0.05, 0) is 60.7 Å². The third-order valence-corrected chi connectivity index (χ3v) is 8.31. The molecule has 0 bridgehead atoms. The predicted octanol–water partition coefficient (Wildman–Crippen LogP) is 5.48. The van der Waals surface area contributed by atoms with E-state index in [1.165, 1.54) is 17.0 Å². The summed E-state index contributed by atoms with van der Waals surface area (Å²) in [6.45, 7) is 3.96. The van der Waals surface area contributed by atoms with E-state index in [0.29, 0.717) is 35.1 Å². The Hall–Kier alpha value is -3.67. The lowest BCUT2D eigenvalue weighted by molar-refractivity contribution is -0.136. The molecule has 12 heteroatoms. The third kappa shape index (κ3) is 4.92. The van der Waals surface area contributed by atoms with Gasteiger partial charge >= 0.3 is 6.18 Å². The fourth-order valence-electron chi connectivity index (χ4n) is 6.47. The summed E-state index contributed by atoms with van der Waals surface area (Å²) in [7, 11) is 1.68. The van der Waals surface area contributed by atoms with Crippen LogP contribution in [0.1, 0.15) is 55.1 Å². The maximum absolute atomic E-state index is 14.2. The van der Waals surface area contributed by atoms with Crippen LogP contribution in [0.2, 0.25) is 0 Å². The van der Waals surface area contributed by atoms with Crippen molar-refractivity contribution in [3.63, 3.8) is 0 Å². The highest BCUT2D eigenvalue weighted by Crippen LogP contribution is 2.56. The maximum Gasteiger partial charge on any atom is 0.418 e. The van der Waals surface area contributed by atoms with Gasteiger partial charge in [-0.25, -0.2) is 13.8 Å². The van der Waals surface area contributed by atoms with E-state index in [-0.39, 0.29) is 5.39 Å². The number of benzene rings is 2. The van der Waals surface area contributed by atoms with E-state index in [1.54, 1.807) is 35.9 Å². The first kappa shape index (κ1) is 27.5. The van der Waals surface area contributed by atoms with Crippen LogP contribution in [0.4, 0.5) is 22.0 Å². The molecule has 2 fully saturated rings. The van der Waals surface area contributed by atoms with Gasteiger partial charge in [-0.1, -0.05) is 19.1 Å². The molecule has 1 aliphatic heterocycles. The summed E-state index contributed by atoms with van der Waals surface area (Å²) in [4.78, 5) is 19.9. The van der Waals surface area contributed by atoms with Crippen molar-refractivity contribution in [3.8, 4) is 5.69 Å². The van der Waals surface area contributed by atoms with Gasteiger partial charge in [-0.3, -0.25) is 14.3 Å². The number of halogens is 5. The first-order valence-electron chi connectivity index (χ1n) is 13.5. The fourth-order valence-corrected chi connectivity index (χ4v) is 6.47. The van der Waals surface area contributed by atoms with E-state index in [0.717, 1.165) is 38.3 Å². The molecule has 2 aliphatic rings. The SMILES string of the molecule is C[C@H]1CCCN(Cc2cc(C(F)(F)F)c3ncn(-c4cccc(C5(c6nncn6C)CC(F)(F)C5)c4)c(=O)c3c2)C1. The standard InChI is InChI=1S/C29H29F5N6O/c1-18-5-4-8-39(12-18)13-19-9-22-24(23(10-19)29(32,33)34)35-16-40(25(22)41)21-7-3-6-20(11-21)27(14-28(30,31)15-27)26-37-36-17-38(26)2/h3,6-7,9-11,16-18H,4-5,8,12-15H2,1-2H3/t18-/m0/s1. The lowest BCUT2D eigenvalue weighted by Gasteiger charge is -2.46. The van der Waals surface area contributed by atoms with Crippen molar-refractivity contribution in [1.82, 2.24) is 29.2 Å². The van der Waals surface area contributed by atoms with E-state index in [9.17, 15) is 26.7 Å². The van der Waals surface area contributed by atoms with Crippen LogP contribution in [-0.4, -0.2) is 48.2 Å². The molecule has 7 nitrogen and oxygen atoms in total. The van der Waals surface area contributed by atoms with Gasteiger partial charge in [-0.15, -0.1) is 10.2 Å². The lowest BCUT2D eigenvalue weighted by atomic mass is 9.61. The topological polar surface area (TPSA) is 68.8 Å². The van der Waals surface area contributed by atoms with Crippen molar-refractivity contribution in [3.05, 3.63) is 81.9 Å². The van der Waals surface area contributed by atoms with Gasteiger partial charge < -0.3 is 4.57 Å². The second-order valence-corrected chi connectivity index (χ2v) is 11.5.